The van der Waals surface area contributed by atoms with Gasteiger partial charge in [-0.05, 0) is 93.5 Å². The first-order valence-corrected chi connectivity index (χ1v) is 28.6. The number of cyclic esters (lactones) is 1. The van der Waals surface area contributed by atoms with E-state index in [4.69, 9.17) is 53.7 Å². The van der Waals surface area contributed by atoms with E-state index in [1.807, 2.05) is 33.7 Å². The van der Waals surface area contributed by atoms with E-state index in [1.54, 1.807) is 18.7 Å². The van der Waals surface area contributed by atoms with Crippen molar-refractivity contribution in [2.75, 3.05) is 50.0 Å². The number of piperazine rings is 1. The smallest absolute Gasteiger partial charge is 0.343 e. The van der Waals surface area contributed by atoms with Crippen molar-refractivity contribution in [3.05, 3.63) is 103 Å². The Morgan fingerprint density at radius 3 is 2.68 bits per heavy atom. The minimum Gasteiger partial charge on any atom is -0.486 e. The molecule has 6 aliphatic rings. The maximum absolute atomic E-state index is 17.6. The van der Waals surface area contributed by atoms with Crippen molar-refractivity contribution in [1.29, 1.82) is 10.5 Å². The number of fused-ring (bicyclic) bond motifs is 8. The predicted octanol–water partition coefficient (Wildman–Crippen LogP) is 10.1. The summed E-state index contributed by atoms with van der Waals surface area (Å²) in [5.74, 6) is -1.83. The number of aliphatic hydroxyl groups is 1. The number of nitrogens with zero attached hydrogens (tertiary/aromatic N) is 9. The van der Waals surface area contributed by atoms with Gasteiger partial charge >= 0.3 is 12.0 Å². The first-order chi connectivity index (χ1) is 39.0. The first kappa shape index (κ1) is 52.9. The molecule has 0 unspecified atom stereocenters. The van der Waals surface area contributed by atoms with Crippen molar-refractivity contribution < 1.29 is 42.1 Å². The van der Waals surface area contributed by atoms with Gasteiger partial charge in [-0.2, -0.15) is 20.5 Å². The second-order valence-electron chi connectivity index (χ2n) is 21.9. The number of carbonyl (C=O) groups excluding carboxylic acids is 2. The number of anilines is 2. The molecule has 1 aliphatic carbocycles. The minimum absolute atomic E-state index is 0.0174. The molecule has 0 spiro atoms. The van der Waals surface area contributed by atoms with Gasteiger partial charge in [-0.3, -0.25) is 9.69 Å². The SMILES string of the molecule is C=C(C(=O)N1CCN(c2nc(OC[C@@]34CCCN3C[C@H](F)C4)nc3c(F)c(-c4ccc(F)c5sc(N)c(C#N)c45)c(Cl)cc23)C[C@@H]1CC#N)[C@@H](C)Oc1ccc2nc3c(c4c2c1CCC4)Cn1c-3cc2c(c1=S)COC(=O)[C@]2(O)CC. The van der Waals surface area contributed by atoms with Crippen LogP contribution >= 0.6 is 35.2 Å². The number of aromatic nitrogens is 4. The lowest BCUT2D eigenvalue weighted by Crippen LogP contribution is -2.56. The van der Waals surface area contributed by atoms with E-state index in [9.17, 15) is 29.6 Å². The molecule has 3 saturated heterocycles. The molecule has 1 amide bonds. The first-order valence-electron chi connectivity index (χ1n) is 27.0. The number of nitriles is 2. The highest BCUT2D eigenvalue weighted by Gasteiger charge is 2.50. The number of amides is 1. The number of ether oxygens (including phenoxy) is 3. The number of rotatable bonds is 11. The number of alkyl halides is 1. The number of esters is 1. The molecule has 3 N–H and O–H groups in total. The summed E-state index contributed by atoms with van der Waals surface area (Å²) in [6.45, 7) is 9.56. The van der Waals surface area contributed by atoms with Crippen molar-refractivity contribution >= 4 is 89.7 Å². The Hall–Kier alpha value is -7.40. The quantitative estimate of drug-likeness (QED) is 0.0701. The van der Waals surface area contributed by atoms with Gasteiger partial charge < -0.3 is 39.4 Å². The van der Waals surface area contributed by atoms with Crippen LogP contribution in [0.5, 0.6) is 11.8 Å². The third kappa shape index (κ3) is 8.16. The van der Waals surface area contributed by atoms with Crippen LogP contribution in [0.3, 0.4) is 0 Å². The van der Waals surface area contributed by atoms with Crippen LogP contribution in [0.2, 0.25) is 5.02 Å². The Morgan fingerprint density at radius 2 is 1.89 bits per heavy atom. The molecule has 0 saturated carbocycles. The van der Waals surface area contributed by atoms with Gasteiger partial charge in [0.2, 0.25) is 0 Å². The third-order valence-corrected chi connectivity index (χ3v) is 19.4. The van der Waals surface area contributed by atoms with E-state index >= 15 is 8.78 Å². The van der Waals surface area contributed by atoms with Gasteiger partial charge in [0.1, 0.15) is 64.1 Å². The summed E-state index contributed by atoms with van der Waals surface area (Å²) in [6, 6.07) is 13.0. The average Bonchev–Trinajstić information content (AvgIpc) is 4.00. The molecule has 414 valence electrons. The molecule has 3 fully saturated rings. The van der Waals surface area contributed by atoms with Crippen LogP contribution in [0.1, 0.15) is 85.8 Å². The lowest BCUT2D eigenvalue weighted by molar-refractivity contribution is -0.172. The number of pyridine rings is 2. The summed E-state index contributed by atoms with van der Waals surface area (Å²) in [5.41, 5.74) is 10.1. The number of benzene rings is 3. The molecule has 13 rings (SSSR count). The van der Waals surface area contributed by atoms with E-state index in [0.717, 1.165) is 75.6 Å². The Bertz CT molecular complexity index is 4110. The normalized spacial score (nSPS) is 22.3. The van der Waals surface area contributed by atoms with Gasteiger partial charge in [-0.1, -0.05) is 43.4 Å². The number of aryl methyl sites for hydroxylation is 2. The number of hydrogen-bond donors (Lipinski definition) is 2. The maximum Gasteiger partial charge on any atom is 0.343 e. The highest BCUT2D eigenvalue weighted by Crippen LogP contribution is 2.49. The molecule has 5 aliphatic heterocycles. The van der Waals surface area contributed by atoms with Gasteiger partial charge in [0, 0.05) is 82.1 Å². The summed E-state index contributed by atoms with van der Waals surface area (Å²) in [5, 5.41) is 33.1. The average molecular weight is 1150 g/mol. The highest BCUT2D eigenvalue weighted by molar-refractivity contribution is 7.71. The van der Waals surface area contributed by atoms with Gasteiger partial charge in [-0.25, -0.2) is 22.9 Å². The van der Waals surface area contributed by atoms with Gasteiger partial charge in [-0.15, -0.1) is 11.3 Å². The van der Waals surface area contributed by atoms with E-state index in [2.05, 4.69) is 22.5 Å². The van der Waals surface area contributed by atoms with Crippen LogP contribution in [0.25, 0.3) is 54.4 Å². The van der Waals surface area contributed by atoms with Crippen LogP contribution in [0.4, 0.5) is 24.0 Å². The Morgan fingerprint density at radius 1 is 1.07 bits per heavy atom. The largest absolute Gasteiger partial charge is 0.486 e. The fourth-order valence-electron chi connectivity index (χ4n) is 13.5. The molecule has 81 heavy (non-hydrogen) atoms. The number of hydrogen-bond acceptors (Lipinski definition) is 16. The molecule has 0 bridgehead atoms. The predicted molar refractivity (Wildman–Crippen MR) is 301 cm³/mol. The fraction of sp³-hybridized carbons (Fsp3) is 0.390. The van der Waals surface area contributed by atoms with Crippen molar-refractivity contribution in [3.8, 4) is 46.4 Å². The van der Waals surface area contributed by atoms with Crippen molar-refractivity contribution in [3.63, 3.8) is 0 Å². The number of carbonyl (C=O) groups is 2. The second kappa shape index (κ2) is 19.7. The van der Waals surface area contributed by atoms with Crippen molar-refractivity contribution in [2.45, 2.75) is 108 Å². The summed E-state index contributed by atoms with van der Waals surface area (Å²) >= 11 is 13.9. The van der Waals surface area contributed by atoms with Crippen LogP contribution < -0.4 is 20.1 Å². The van der Waals surface area contributed by atoms with Gasteiger partial charge in [0.25, 0.3) is 5.91 Å². The molecule has 16 nitrogen and oxygen atoms in total. The van der Waals surface area contributed by atoms with Crippen molar-refractivity contribution in [1.82, 2.24) is 29.3 Å². The second-order valence-corrected chi connectivity index (χ2v) is 23.8. The van der Waals surface area contributed by atoms with E-state index in [-0.39, 0.29) is 124 Å². The maximum atomic E-state index is 17.6. The number of nitrogen functional groups attached to an aromatic ring is 1. The number of halogens is 4. The molecular formula is C59H52ClF3N10O6S2. The standard InChI is InChI=1S/C59H52ClF3N10O6S2/c1-4-59(76)39-20-43-49-37(25-73(43)55(80)38(39)26-77-56(59)75)32-7-5-8-33-44(12-11-42(67-49)45(32)33)79-29(3)28(2)54(74)72-18-17-70(24-31(72)13-15-64)53-35-19-40(60)47(34-9-10-41(62)51-46(34)36(22-65)52(66)81-51)48(63)50(35)68-57(69-53)78-27-58-14-6-16-71(58)23-30(61)21-58/h9-12,19-20,29-31,76H,2,4-8,13-14,16-18,21,23-27,66H2,1,3H3/t29-,30-,31+,58+,59+/m1/s1. The zero-order valence-corrected chi connectivity index (χ0v) is 46.5. The molecule has 22 heteroatoms. The molecule has 9 heterocycles. The van der Waals surface area contributed by atoms with Crippen LogP contribution in [-0.2, 0) is 45.9 Å². The summed E-state index contributed by atoms with van der Waals surface area (Å²) < 4.78 is 68.8. The van der Waals surface area contributed by atoms with E-state index in [1.165, 1.54) is 12.1 Å². The number of thiophene rings is 1. The Kier molecular flexibility index (Phi) is 12.8. The Labute approximate surface area is 476 Å². The van der Waals surface area contributed by atoms with Crippen LogP contribution in [0.15, 0.2) is 48.6 Å². The zero-order chi connectivity index (χ0) is 56.6. The lowest BCUT2D eigenvalue weighted by Gasteiger charge is -2.42. The van der Waals surface area contributed by atoms with Gasteiger partial charge in [0.15, 0.2) is 11.4 Å². The summed E-state index contributed by atoms with van der Waals surface area (Å²) in [7, 11) is 0. The number of nitrogens with two attached hydrogens (primary N) is 1. The van der Waals surface area contributed by atoms with Crippen LogP contribution in [0, 0.1) is 38.9 Å². The molecule has 4 aromatic heterocycles. The monoisotopic (exact) mass is 1150 g/mol. The minimum atomic E-state index is -1.82. The highest BCUT2D eigenvalue weighted by atomic mass is 35.5. The van der Waals surface area contributed by atoms with E-state index in [0.29, 0.717) is 47.4 Å². The molecule has 5 atom stereocenters. The molecular weight excluding hydrogens is 1100 g/mol. The topological polar surface area (TPSA) is 209 Å². The van der Waals surface area contributed by atoms with Crippen molar-refractivity contribution in [2.24, 2.45) is 0 Å². The Balaban J connectivity index is 0.796. The van der Waals surface area contributed by atoms with Gasteiger partial charge in [0.05, 0.1) is 62.8 Å². The molecule has 3 aromatic carbocycles. The molecule has 0 radical (unpaired) electrons. The van der Waals surface area contributed by atoms with E-state index < -0.39 is 53.0 Å². The summed E-state index contributed by atoms with van der Waals surface area (Å²) in [4.78, 5) is 47.7. The molecule has 7 aromatic rings. The zero-order valence-electron chi connectivity index (χ0n) is 44.1. The summed E-state index contributed by atoms with van der Waals surface area (Å²) in [6.07, 6.45) is 2.32. The van der Waals surface area contributed by atoms with Crippen LogP contribution in [-0.4, -0.2) is 109 Å². The lowest BCUT2D eigenvalue weighted by atomic mass is 9.85. The fourth-order valence-corrected chi connectivity index (χ4v) is 15.1. The third-order valence-electron chi connectivity index (χ3n) is 17.6.